The van der Waals surface area contributed by atoms with Crippen molar-refractivity contribution in [2.24, 2.45) is 0 Å². The van der Waals surface area contributed by atoms with Gasteiger partial charge in [0.2, 0.25) is 5.91 Å². The van der Waals surface area contributed by atoms with E-state index in [2.05, 4.69) is 40.7 Å². The molecule has 3 N–H and O–H groups in total. The van der Waals surface area contributed by atoms with Crippen LogP contribution < -0.4 is 15.4 Å². The first-order chi connectivity index (χ1) is 18.3. The standard InChI is InChI=1S/C15H11ClFN3O2.C11H21NOS.C2H4/c1-22-14-6-12-9(5-13(14)21)15(19-7-18-12)20-8-2-3-11(17)10(16)4-8;1-3-12-11(13)6-4-5-7-14-8-10(14)9(14)2;1-2/h2-7,21H,1H3,(H,18,19,20);9-10H,3-8H2,1-2H3,(H,12,13);1-2H2. The van der Waals surface area contributed by atoms with E-state index in [4.69, 9.17) is 16.3 Å². The van der Waals surface area contributed by atoms with Crippen molar-refractivity contribution in [2.75, 3.05) is 30.5 Å². The van der Waals surface area contributed by atoms with Gasteiger partial charge >= 0.3 is 0 Å². The summed E-state index contributed by atoms with van der Waals surface area (Å²) in [6, 6.07) is 7.36. The zero-order valence-electron chi connectivity index (χ0n) is 22.1. The molecule has 38 heavy (non-hydrogen) atoms. The average Bonchev–Trinajstić information content (AvgIpc) is 3.80. The number of phenols is 1. The highest BCUT2D eigenvalue weighted by atomic mass is 35.5. The van der Waals surface area contributed by atoms with E-state index in [0.717, 1.165) is 29.9 Å². The number of nitrogens with one attached hydrogen (secondary N) is 2. The SMILES string of the molecule is C=C.CCNC(=O)CCCCS12CC1C2C.COc1cc2ncnc(Nc3ccc(F)c(Cl)c3)c2cc1O. The van der Waals surface area contributed by atoms with Gasteiger partial charge in [0, 0.05) is 35.4 Å². The quantitative estimate of drug-likeness (QED) is 0.155. The van der Waals surface area contributed by atoms with Gasteiger partial charge in [-0.05, 0) is 60.8 Å². The van der Waals surface area contributed by atoms with Crippen LogP contribution >= 0.6 is 21.6 Å². The number of methoxy groups -OCH3 is 1. The maximum atomic E-state index is 13.2. The number of rotatable bonds is 9. The second-order valence-electron chi connectivity index (χ2n) is 9.05. The van der Waals surface area contributed by atoms with Crippen LogP contribution in [0.5, 0.6) is 11.5 Å². The number of hydrogen-bond acceptors (Lipinski definition) is 6. The van der Waals surface area contributed by atoms with Crippen molar-refractivity contribution in [3.63, 3.8) is 0 Å². The molecule has 206 valence electrons. The summed E-state index contributed by atoms with van der Waals surface area (Å²) < 4.78 is 18.2. The molecule has 2 aromatic carbocycles. The topological polar surface area (TPSA) is 96.4 Å². The fraction of sp³-hybridized carbons (Fsp3) is 0.393. The van der Waals surface area contributed by atoms with E-state index >= 15 is 0 Å². The van der Waals surface area contributed by atoms with Gasteiger partial charge in [-0.25, -0.2) is 24.4 Å². The first-order valence-electron chi connectivity index (χ1n) is 12.6. The first kappa shape index (κ1) is 29.5. The minimum atomic E-state index is -0.498. The molecule has 1 aromatic heterocycles. The number of amides is 1. The fourth-order valence-electron chi connectivity index (χ4n) is 4.48. The zero-order valence-corrected chi connectivity index (χ0v) is 23.7. The molecule has 0 bridgehead atoms. The Kier molecular flexibility index (Phi) is 10.2. The number of nitrogens with zero attached hydrogens (tertiary/aromatic N) is 2. The molecule has 0 saturated carbocycles. The summed E-state index contributed by atoms with van der Waals surface area (Å²) in [4.78, 5) is 19.4. The third-order valence-electron chi connectivity index (χ3n) is 6.82. The van der Waals surface area contributed by atoms with Crippen molar-refractivity contribution in [3.05, 3.63) is 60.7 Å². The number of carbonyl (C=O) groups is 1. The van der Waals surface area contributed by atoms with E-state index in [0.29, 0.717) is 28.2 Å². The number of benzene rings is 2. The van der Waals surface area contributed by atoms with E-state index in [1.54, 1.807) is 17.9 Å². The number of halogens is 2. The first-order valence-corrected chi connectivity index (χ1v) is 15.0. The van der Waals surface area contributed by atoms with Crippen molar-refractivity contribution < 1.29 is 19.0 Å². The van der Waals surface area contributed by atoms with Crippen molar-refractivity contribution in [3.8, 4) is 11.5 Å². The van der Waals surface area contributed by atoms with Crippen LogP contribution in [0.4, 0.5) is 15.9 Å². The summed E-state index contributed by atoms with van der Waals surface area (Å²) in [5, 5.41) is 18.6. The number of aromatic hydroxyl groups is 1. The van der Waals surface area contributed by atoms with E-state index in [9.17, 15) is 14.3 Å². The Morgan fingerprint density at radius 3 is 2.61 bits per heavy atom. The van der Waals surface area contributed by atoms with Gasteiger partial charge in [-0.15, -0.1) is 13.2 Å². The number of phenolic OH excluding ortho intramolecular Hbond substituents is 1. The molecule has 1 amide bonds. The van der Waals surface area contributed by atoms with Gasteiger partial charge in [0.1, 0.15) is 18.0 Å². The number of ether oxygens (including phenoxy) is 1. The van der Waals surface area contributed by atoms with Crippen molar-refractivity contribution >= 4 is 49.9 Å². The molecule has 7 nitrogen and oxygen atoms in total. The maximum Gasteiger partial charge on any atom is 0.219 e. The number of anilines is 2. The number of fused-ring (bicyclic) bond motifs is 2. The summed E-state index contributed by atoms with van der Waals surface area (Å²) in [5.41, 5.74) is 1.17. The Balaban J connectivity index is 0.000000215. The smallest absolute Gasteiger partial charge is 0.219 e. The molecule has 0 aliphatic carbocycles. The van der Waals surface area contributed by atoms with Gasteiger partial charge in [-0.2, -0.15) is 0 Å². The molecule has 0 radical (unpaired) electrons. The van der Waals surface area contributed by atoms with Gasteiger partial charge in [0.15, 0.2) is 11.5 Å². The van der Waals surface area contributed by atoms with Crippen LogP contribution in [0.25, 0.3) is 10.9 Å². The van der Waals surface area contributed by atoms with Crippen LogP contribution in [0.1, 0.15) is 33.1 Å². The summed E-state index contributed by atoms with van der Waals surface area (Å²) in [7, 11) is 1.43. The summed E-state index contributed by atoms with van der Waals surface area (Å²) >= 11 is 5.76. The second kappa shape index (κ2) is 13.2. The van der Waals surface area contributed by atoms with Crippen LogP contribution in [-0.2, 0) is 4.79 Å². The second-order valence-corrected chi connectivity index (χ2v) is 13.6. The van der Waals surface area contributed by atoms with Gasteiger partial charge in [0.05, 0.1) is 17.6 Å². The van der Waals surface area contributed by atoms with Gasteiger partial charge in [0.25, 0.3) is 0 Å². The number of hydrogen-bond donors (Lipinski definition) is 3. The highest BCUT2D eigenvalue weighted by Gasteiger charge is 2.70. The van der Waals surface area contributed by atoms with Crippen LogP contribution in [0.15, 0.2) is 49.8 Å². The normalized spacial score (nSPS) is 21.8. The predicted octanol–water partition coefficient (Wildman–Crippen LogP) is 6.56. The Labute approximate surface area is 230 Å². The molecule has 3 aromatic rings. The van der Waals surface area contributed by atoms with Crippen LogP contribution in [0, 0.1) is 5.82 Å². The van der Waals surface area contributed by atoms with Crippen molar-refractivity contribution in [2.45, 2.75) is 43.6 Å². The maximum absolute atomic E-state index is 13.2. The van der Waals surface area contributed by atoms with E-state index in [1.807, 2.05) is 6.92 Å². The highest BCUT2D eigenvalue weighted by Crippen LogP contribution is 2.90. The molecular formula is C28H36ClFN4O3S. The molecule has 2 aliphatic rings. The van der Waals surface area contributed by atoms with Gasteiger partial charge in [-0.1, -0.05) is 18.5 Å². The largest absolute Gasteiger partial charge is 0.504 e. The van der Waals surface area contributed by atoms with Crippen LogP contribution in [-0.4, -0.2) is 56.6 Å². The number of aromatic nitrogens is 2. The minimum Gasteiger partial charge on any atom is -0.504 e. The van der Waals surface area contributed by atoms with Crippen molar-refractivity contribution in [1.82, 2.24) is 15.3 Å². The third kappa shape index (κ3) is 6.88. The van der Waals surface area contributed by atoms with E-state index in [-0.39, 0.29) is 26.7 Å². The summed E-state index contributed by atoms with van der Waals surface area (Å²) in [6.07, 6.45) is 4.50. The molecular weight excluding hydrogens is 527 g/mol. The van der Waals surface area contributed by atoms with Gasteiger partial charge in [-0.3, -0.25) is 4.79 Å². The Hall–Kier alpha value is -3.04. The predicted molar refractivity (Wildman–Crippen MR) is 157 cm³/mol. The molecule has 2 aliphatic heterocycles. The summed E-state index contributed by atoms with van der Waals surface area (Å²) in [6.45, 7) is 11.2. The van der Waals surface area contributed by atoms with Crippen LogP contribution in [0.3, 0.4) is 0 Å². The molecule has 3 heterocycles. The monoisotopic (exact) mass is 562 g/mol. The number of unbranched alkanes of at least 4 members (excludes halogenated alkanes) is 1. The Morgan fingerprint density at radius 2 is 2.00 bits per heavy atom. The Morgan fingerprint density at radius 1 is 1.26 bits per heavy atom. The van der Waals surface area contributed by atoms with E-state index in [1.165, 1.54) is 43.8 Å². The molecule has 5 rings (SSSR count). The Bertz CT molecular complexity index is 1270. The highest BCUT2D eigenvalue weighted by molar-refractivity contribution is 8.47. The lowest BCUT2D eigenvalue weighted by Crippen LogP contribution is -2.22. The zero-order chi connectivity index (χ0) is 27.9. The molecule has 2 fully saturated rings. The minimum absolute atomic E-state index is 0.00729. The molecule has 3 unspecified atom stereocenters. The average molecular weight is 563 g/mol. The lowest BCUT2D eigenvalue weighted by molar-refractivity contribution is -0.121. The van der Waals surface area contributed by atoms with Crippen LogP contribution in [0.2, 0.25) is 5.02 Å². The molecule has 0 spiro atoms. The molecule has 2 saturated heterocycles. The fourth-order valence-corrected chi connectivity index (χ4v) is 9.38. The summed E-state index contributed by atoms with van der Waals surface area (Å²) in [5.74, 6) is 3.52. The lowest BCUT2D eigenvalue weighted by Gasteiger charge is -2.10. The van der Waals surface area contributed by atoms with Crippen molar-refractivity contribution in [1.29, 1.82) is 0 Å². The van der Waals surface area contributed by atoms with E-state index < -0.39 is 5.82 Å². The third-order valence-corrected chi connectivity index (χ3v) is 12.0. The number of carbonyl (C=O) groups excluding carboxylic acids is 1. The lowest BCUT2D eigenvalue weighted by atomic mass is 10.2. The van der Waals surface area contributed by atoms with Gasteiger partial charge < -0.3 is 20.5 Å². The molecule has 3 atom stereocenters. The molecule has 10 heteroatoms.